The quantitative estimate of drug-likeness (QED) is 0.256. The van der Waals surface area contributed by atoms with E-state index in [9.17, 15) is 5.11 Å². The highest BCUT2D eigenvalue weighted by molar-refractivity contribution is 5.65. The normalized spacial score (nSPS) is 23.5. The molecule has 1 aromatic rings. The van der Waals surface area contributed by atoms with Crippen LogP contribution in [0.15, 0.2) is 0 Å². The van der Waals surface area contributed by atoms with E-state index in [1.165, 1.54) is 57.8 Å². The van der Waals surface area contributed by atoms with Crippen LogP contribution in [0.1, 0.15) is 167 Å². The van der Waals surface area contributed by atoms with E-state index in [1.807, 2.05) is 0 Å². The molecule has 0 saturated heterocycles. The van der Waals surface area contributed by atoms with Gasteiger partial charge in [0.05, 0.1) is 0 Å². The summed E-state index contributed by atoms with van der Waals surface area (Å²) in [6, 6.07) is 0. The van der Waals surface area contributed by atoms with Gasteiger partial charge in [0.25, 0.3) is 0 Å². The lowest BCUT2D eigenvalue weighted by Crippen LogP contribution is -2.48. The molecule has 1 heteroatoms. The summed E-state index contributed by atoms with van der Waals surface area (Å²) >= 11 is 0. The van der Waals surface area contributed by atoms with Crippen LogP contribution < -0.4 is 0 Å². The summed E-state index contributed by atoms with van der Waals surface area (Å²) in [5, 5.41) is 9.36. The molecule has 38 heavy (non-hydrogen) atoms. The Morgan fingerprint density at radius 2 is 1.00 bits per heavy atom. The molecule has 1 aromatic carbocycles. The molecule has 0 bridgehead atoms. The first kappa shape index (κ1) is 31.7. The van der Waals surface area contributed by atoms with Gasteiger partial charge < -0.3 is 5.11 Å². The Morgan fingerprint density at radius 1 is 0.632 bits per heavy atom. The minimum atomic E-state index is 0.278. The molecule has 3 rings (SSSR count). The van der Waals surface area contributed by atoms with Gasteiger partial charge >= 0.3 is 0 Å². The summed E-state index contributed by atoms with van der Waals surface area (Å²) in [5.74, 6) is 0. The van der Waals surface area contributed by atoms with Crippen LogP contribution in [0.2, 0.25) is 0 Å². The summed E-state index contributed by atoms with van der Waals surface area (Å²) < 4.78 is 0. The second-order valence-electron chi connectivity index (χ2n) is 17.7. The highest BCUT2D eigenvalue weighted by atomic mass is 16.2. The largest absolute Gasteiger partial charge is 0.396 e. The number of fused-ring (bicyclic) bond motifs is 2. The van der Waals surface area contributed by atoms with Crippen molar-refractivity contribution in [3.05, 3.63) is 33.4 Å². The molecule has 2 aliphatic rings. The highest BCUT2D eigenvalue weighted by Crippen LogP contribution is 2.60. The number of hydrogen-bond donors (Lipinski definition) is 1. The number of aliphatic hydroxyl groups excluding tert-OH is 1. The smallest absolute Gasteiger partial charge is 0.0431 e. The fourth-order valence-corrected chi connectivity index (χ4v) is 10.5. The second kappa shape index (κ2) is 10.5. The molecule has 0 aromatic heterocycles. The topological polar surface area (TPSA) is 20.2 Å². The van der Waals surface area contributed by atoms with Gasteiger partial charge in [-0.25, -0.2) is 0 Å². The standard InChI is InChI=1S/C37H64O/c1-14-15-17-32(4,5)22-34(8,9)24-36(12)20-28-27(3)31-29(26(2)30(28)36)21-37(31,13)25-35(10,11)23-33(6,7)18-16-19-38/h38H,14-25H2,1-13H3. The van der Waals surface area contributed by atoms with Crippen molar-refractivity contribution >= 4 is 0 Å². The first-order valence-electron chi connectivity index (χ1n) is 16.0. The minimum Gasteiger partial charge on any atom is -0.396 e. The molecule has 0 amide bonds. The number of benzene rings is 1. The lowest BCUT2D eigenvalue weighted by atomic mass is 9.49. The monoisotopic (exact) mass is 524 g/mol. The van der Waals surface area contributed by atoms with Gasteiger partial charge in [-0.3, -0.25) is 0 Å². The molecule has 0 radical (unpaired) electrons. The van der Waals surface area contributed by atoms with Crippen molar-refractivity contribution in [2.24, 2.45) is 21.7 Å². The summed E-state index contributed by atoms with van der Waals surface area (Å²) in [6.45, 7) is 32.5. The van der Waals surface area contributed by atoms with E-state index in [0.29, 0.717) is 28.3 Å². The summed E-state index contributed by atoms with van der Waals surface area (Å²) in [5.41, 5.74) is 12.0. The molecular weight excluding hydrogens is 460 g/mol. The number of rotatable bonds is 14. The summed E-state index contributed by atoms with van der Waals surface area (Å²) in [4.78, 5) is 0. The van der Waals surface area contributed by atoms with Gasteiger partial charge in [0.1, 0.15) is 0 Å². The van der Waals surface area contributed by atoms with Crippen LogP contribution in [0.5, 0.6) is 0 Å². The fraction of sp³-hybridized carbons (Fsp3) is 0.838. The lowest BCUT2D eigenvalue weighted by molar-refractivity contribution is 0.122. The van der Waals surface area contributed by atoms with Crippen molar-refractivity contribution in [3.63, 3.8) is 0 Å². The van der Waals surface area contributed by atoms with Gasteiger partial charge in [-0.15, -0.1) is 0 Å². The zero-order chi connectivity index (χ0) is 28.9. The summed E-state index contributed by atoms with van der Waals surface area (Å²) in [7, 11) is 0. The molecule has 2 aliphatic carbocycles. The van der Waals surface area contributed by atoms with Gasteiger partial charge in [0.2, 0.25) is 0 Å². The molecule has 2 unspecified atom stereocenters. The minimum absolute atomic E-state index is 0.278. The molecule has 0 fully saturated rings. The lowest BCUT2D eigenvalue weighted by Gasteiger charge is -2.55. The van der Waals surface area contributed by atoms with Crippen LogP contribution in [-0.4, -0.2) is 11.7 Å². The van der Waals surface area contributed by atoms with Crippen molar-refractivity contribution in [2.45, 2.75) is 171 Å². The van der Waals surface area contributed by atoms with E-state index >= 15 is 0 Å². The van der Waals surface area contributed by atoms with Crippen LogP contribution in [-0.2, 0) is 23.7 Å². The van der Waals surface area contributed by atoms with Crippen molar-refractivity contribution in [1.82, 2.24) is 0 Å². The van der Waals surface area contributed by atoms with E-state index < -0.39 is 0 Å². The second-order valence-corrected chi connectivity index (χ2v) is 17.7. The van der Waals surface area contributed by atoms with Crippen LogP contribution in [0, 0.1) is 35.5 Å². The van der Waals surface area contributed by atoms with Crippen LogP contribution in [0.4, 0.5) is 0 Å². The molecule has 1 nitrogen and oxygen atoms in total. The van der Waals surface area contributed by atoms with E-state index in [-0.39, 0.29) is 10.8 Å². The molecule has 218 valence electrons. The average Bonchev–Trinajstić information content (AvgIpc) is 2.70. The maximum absolute atomic E-state index is 9.36. The third-order valence-corrected chi connectivity index (χ3v) is 10.5. The zero-order valence-electron chi connectivity index (χ0n) is 27.9. The average molecular weight is 525 g/mol. The van der Waals surface area contributed by atoms with Crippen molar-refractivity contribution in [2.75, 3.05) is 6.61 Å². The predicted octanol–water partition coefficient (Wildman–Crippen LogP) is 10.6. The van der Waals surface area contributed by atoms with Gasteiger partial charge in [-0.2, -0.15) is 0 Å². The van der Waals surface area contributed by atoms with Crippen molar-refractivity contribution in [3.8, 4) is 0 Å². The Kier molecular flexibility index (Phi) is 8.79. The Labute approximate surface area is 238 Å². The Hall–Kier alpha value is -0.820. The van der Waals surface area contributed by atoms with Gasteiger partial charge in [0.15, 0.2) is 0 Å². The predicted molar refractivity (Wildman–Crippen MR) is 167 cm³/mol. The first-order valence-corrected chi connectivity index (χ1v) is 16.0. The third-order valence-electron chi connectivity index (χ3n) is 10.5. The van der Waals surface area contributed by atoms with E-state index in [1.54, 1.807) is 33.4 Å². The Balaban J connectivity index is 1.81. The number of unbranched alkanes of at least 4 members (excludes halogenated alkanes) is 1. The highest BCUT2D eigenvalue weighted by Gasteiger charge is 2.51. The van der Waals surface area contributed by atoms with Crippen LogP contribution in [0.25, 0.3) is 0 Å². The van der Waals surface area contributed by atoms with E-state index in [0.717, 1.165) is 12.8 Å². The van der Waals surface area contributed by atoms with Gasteiger partial charge in [-0.05, 0) is 138 Å². The Morgan fingerprint density at radius 3 is 1.34 bits per heavy atom. The maximum atomic E-state index is 9.36. The van der Waals surface area contributed by atoms with Crippen molar-refractivity contribution in [1.29, 1.82) is 0 Å². The molecule has 2 atom stereocenters. The summed E-state index contributed by atoms with van der Waals surface area (Å²) in [6.07, 6.45) is 13.6. The molecule has 0 heterocycles. The van der Waals surface area contributed by atoms with Crippen LogP contribution in [0.3, 0.4) is 0 Å². The maximum Gasteiger partial charge on any atom is 0.0431 e. The third kappa shape index (κ3) is 6.56. The number of aliphatic hydroxyl groups is 1. The SMILES string of the molecule is CCCCC(C)(C)CC(C)(C)CC1(C)Cc2c(C)c3c(c(C)c21)CC3(C)CC(C)(C)CC(C)(C)CCCO. The number of hydrogen-bond acceptors (Lipinski definition) is 1. The van der Waals surface area contributed by atoms with Crippen LogP contribution >= 0.6 is 0 Å². The molecule has 0 aliphatic heterocycles. The molecule has 1 N–H and O–H groups in total. The Bertz CT molecular complexity index is 908. The zero-order valence-corrected chi connectivity index (χ0v) is 27.9. The van der Waals surface area contributed by atoms with E-state index in [4.69, 9.17) is 0 Å². The molecule has 0 spiro atoms. The fourth-order valence-electron chi connectivity index (χ4n) is 10.5. The first-order chi connectivity index (χ1) is 17.2. The van der Waals surface area contributed by atoms with Gasteiger partial charge in [0, 0.05) is 6.61 Å². The molecular formula is C37H64O. The van der Waals surface area contributed by atoms with Gasteiger partial charge in [-0.1, -0.05) is 89.0 Å². The van der Waals surface area contributed by atoms with Crippen molar-refractivity contribution < 1.29 is 5.11 Å². The molecule has 0 saturated carbocycles. The van der Waals surface area contributed by atoms with E-state index in [2.05, 4.69) is 90.0 Å².